The molecule has 0 N–H and O–H groups in total. The second-order valence-electron chi connectivity index (χ2n) is 3.88. The summed E-state index contributed by atoms with van der Waals surface area (Å²) < 4.78 is 26.0. The van der Waals surface area contributed by atoms with Crippen LogP contribution in [0.15, 0.2) is 12.7 Å². The number of halogens is 2. The lowest BCUT2D eigenvalue weighted by atomic mass is 9.60. The molecule has 1 spiro atoms. The summed E-state index contributed by atoms with van der Waals surface area (Å²) >= 11 is 0. The van der Waals surface area contributed by atoms with Crippen LogP contribution in [0.3, 0.4) is 0 Å². The Hall–Kier alpha value is -0.930. The molecular weight excluding hydrogens is 176 g/mol. The normalized spacial score (nSPS) is 27.7. The highest BCUT2D eigenvalue weighted by atomic mass is 19.3. The highest BCUT2D eigenvalue weighted by Gasteiger charge is 2.67. The van der Waals surface area contributed by atoms with Crippen LogP contribution < -0.4 is 0 Å². The van der Waals surface area contributed by atoms with Crippen molar-refractivity contribution in [2.24, 2.45) is 5.41 Å². The highest BCUT2D eigenvalue weighted by Crippen LogP contribution is 2.58. The summed E-state index contributed by atoms with van der Waals surface area (Å²) in [4.78, 5) is 12.4. The summed E-state index contributed by atoms with van der Waals surface area (Å²) in [6, 6.07) is 0. The zero-order valence-electron chi connectivity index (χ0n) is 7.22. The minimum absolute atomic E-state index is 0.0247. The van der Waals surface area contributed by atoms with Crippen molar-refractivity contribution in [1.82, 2.24) is 4.90 Å². The van der Waals surface area contributed by atoms with E-state index in [4.69, 9.17) is 0 Å². The predicted molar refractivity (Wildman–Crippen MR) is 43.4 cm³/mol. The molecule has 1 saturated carbocycles. The van der Waals surface area contributed by atoms with Crippen molar-refractivity contribution in [3.8, 4) is 0 Å². The van der Waals surface area contributed by atoms with Gasteiger partial charge in [-0.1, -0.05) is 6.58 Å². The van der Waals surface area contributed by atoms with E-state index in [0.717, 1.165) is 0 Å². The first-order valence-corrected chi connectivity index (χ1v) is 4.30. The molecule has 0 radical (unpaired) electrons. The maximum atomic E-state index is 13.0. The molecular formula is C9H11F2NO. The molecule has 2 fully saturated rings. The van der Waals surface area contributed by atoms with Crippen LogP contribution in [0.5, 0.6) is 0 Å². The summed E-state index contributed by atoms with van der Waals surface area (Å²) in [5.41, 5.74) is -0.883. The molecule has 4 heteroatoms. The minimum Gasteiger partial charge on any atom is -0.337 e. The van der Waals surface area contributed by atoms with Crippen LogP contribution in [-0.2, 0) is 4.79 Å². The lowest BCUT2D eigenvalue weighted by Gasteiger charge is -2.59. The van der Waals surface area contributed by atoms with Crippen LogP contribution in [0, 0.1) is 5.41 Å². The molecule has 0 bridgehead atoms. The van der Waals surface area contributed by atoms with Crippen LogP contribution in [0.25, 0.3) is 0 Å². The van der Waals surface area contributed by atoms with Gasteiger partial charge in [0.15, 0.2) is 0 Å². The first-order valence-electron chi connectivity index (χ1n) is 4.30. The molecule has 13 heavy (non-hydrogen) atoms. The van der Waals surface area contributed by atoms with E-state index in [9.17, 15) is 13.6 Å². The van der Waals surface area contributed by atoms with Gasteiger partial charge in [-0.2, -0.15) is 0 Å². The van der Waals surface area contributed by atoms with Crippen LogP contribution in [-0.4, -0.2) is 29.8 Å². The van der Waals surface area contributed by atoms with E-state index < -0.39 is 11.3 Å². The zero-order valence-corrected chi connectivity index (χ0v) is 7.22. The number of likely N-dealkylation sites (tertiary alicyclic amines) is 1. The van der Waals surface area contributed by atoms with Crippen molar-refractivity contribution < 1.29 is 13.6 Å². The van der Waals surface area contributed by atoms with Crippen molar-refractivity contribution >= 4 is 5.91 Å². The molecule has 2 aliphatic rings. The molecule has 0 aromatic heterocycles. The van der Waals surface area contributed by atoms with E-state index in [1.807, 2.05) is 0 Å². The Morgan fingerprint density at radius 2 is 2.00 bits per heavy atom. The van der Waals surface area contributed by atoms with Gasteiger partial charge in [0.1, 0.15) is 0 Å². The van der Waals surface area contributed by atoms with E-state index in [1.165, 1.54) is 11.0 Å². The lowest BCUT2D eigenvalue weighted by Crippen LogP contribution is -2.70. The molecule has 1 amide bonds. The molecule has 1 heterocycles. The molecule has 0 unspecified atom stereocenters. The minimum atomic E-state index is -2.55. The van der Waals surface area contributed by atoms with Crippen molar-refractivity contribution in [3.63, 3.8) is 0 Å². The number of hydrogen-bond acceptors (Lipinski definition) is 1. The fourth-order valence-electron chi connectivity index (χ4n) is 2.03. The zero-order chi connectivity index (χ0) is 9.69. The molecule has 72 valence electrons. The average Bonchev–Trinajstić information content (AvgIpc) is 2.00. The maximum absolute atomic E-state index is 13.0. The van der Waals surface area contributed by atoms with E-state index >= 15 is 0 Å². The van der Waals surface area contributed by atoms with Gasteiger partial charge in [-0.3, -0.25) is 4.79 Å². The van der Waals surface area contributed by atoms with Crippen LogP contribution in [0.1, 0.15) is 12.8 Å². The van der Waals surface area contributed by atoms with Gasteiger partial charge in [0, 0.05) is 19.5 Å². The maximum Gasteiger partial charge on any atom is 0.257 e. The van der Waals surface area contributed by atoms with Gasteiger partial charge < -0.3 is 4.90 Å². The average molecular weight is 187 g/mol. The Kier molecular flexibility index (Phi) is 1.54. The third kappa shape index (κ3) is 0.943. The third-order valence-electron chi connectivity index (χ3n) is 3.17. The number of hydrogen-bond donors (Lipinski definition) is 0. The first-order chi connectivity index (χ1) is 6.01. The summed E-state index contributed by atoms with van der Waals surface area (Å²) in [6.45, 7) is 3.71. The van der Waals surface area contributed by atoms with E-state index in [1.54, 1.807) is 0 Å². The van der Waals surface area contributed by atoms with Crippen molar-refractivity contribution in [2.45, 2.75) is 18.8 Å². The van der Waals surface area contributed by atoms with Crippen molar-refractivity contribution in [1.29, 1.82) is 0 Å². The third-order valence-corrected chi connectivity index (χ3v) is 3.17. The summed E-state index contributed by atoms with van der Waals surface area (Å²) in [5, 5.41) is 0. The van der Waals surface area contributed by atoms with Crippen LogP contribution >= 0.6 is 0 Å². The Bertz CT molecular complexity index is 269. The predicted octanol–water partition coefficient (Wildman–Crippen LogP) is 1.43. The monoisotopic (exact) mass is 187 g/mol. The second-order valence-corrected chi connectivity index (χ2v) is 3.88. The number of carbonyl (C=O) groups is 1. The Morgan fingerprint density at radius 1 is 1.38 bits per heavy atom. The summed E-state index contributed by atoms with van der Waals surface area (Å²) in [7, 11) is 0. The first kappa shape index (κ1) is 8.66. The van der Waals surface area contributed by atoms with Gasteiger partial charge >= 0.3 is 0 Å². The highest BCUT2D eigenvalue weighted by molar-refractivity contribution is 5.87. The molecule has 1 aliphatic carbocycles. The fourth-order valence-corrected chi connectivity index (χ4v) is 2.03. The Labute approximate surface area is 75.2 Å². The number of rotatable bonds is 1. The molecule has 0 atom stereocenters. The van der Waals surface area contributed by atoms with E-state index in [0.29, 0.717) is 6.42 Å². The van der Waals surface area contributed by atoms with Gasteiger partial charge in [-0.05, 0) is 12.5 Å². The SMILES string of the molecule is C=CC(=O)N1CC2(CCC2(F)F)C1. The van der Waals surface area contributed by atoms with Gasteiger partial charge in [0.2, 0.25) is 5.91 Å². The Balaban J connectivity index is 1.98. The second kappa shape index (κ2) is 2.30. The largest absolute Gasteiger partial charge is 0.337 e. The smallest absolute Gasteiger partial charge is 0.257 e. The molecule has 0 aromatic rings. The van der Waals surface area contributed by atoms with Crippen LogP contribution in [0.2, 0.25) is 0 Å². The molecule has 2 rings (SSSR count). The number of amides is 1. The van der Waals surface area contributed by atoms with Gasteiger partial charge in [0.25, 0.3) is 5.92 Å². The molecule has 2 nitrogen and oxygen atoms in total. The summed E-state index contributed by atoms with van der Waals surface area (Å²) in [6.07, 6.45) is 1.69. The standard InChI is InChI=1S/C9H11F2NO/c1-2-7(13)12-5-8(6-12)3-4-9(8,10)11/h2H,1,3-6H2. The Morgan fingerprint density at radius 3 is 2.31 bits per heavy atom. The number of nitrogens with zero attached hydrogens (tertiary/aromatic N) is 1. The molecule has 1 saturated heterocycles. The number of carbonyl (C=O) groups excluding carboxylic acids is 1. The fraction of sp³-hybridized carbons (Fsp3) is 0.667. The van der Waals surface area contributed by atoms with Crippen molar-refractivity contribution in [2.75, 3.05) is 13.1 Å². The molecule has 0 aromatic carbocycles. The van der Waals surface area contributed by atoms with E-state index in [2.05, 4.69) is 6.58 Å². The number of alkyl halides is 2. The van der Waals surface area contributed by atoms with Crippen molar-refractivity contribution in [3.05, 3.63) is 12.7 Å². The molecule has 1 aliphatic heterocycles. The quantitative estimate of drug-likeness (QED) is 0.569. The van der Waals surface area contributed by atoms with Gasteiger partial charge in [-0.15, -0.1) is 0 Å². The van der Waals surface area contributed by atoms with E-state index in [-0.39, 0.29) is 25.4 Å². The lowest BCUT2D eigenvalue weighted by molar-refractivity contribution is -0.253. The van der Waals surface area contributed by atoms with Crippen LogP contribution in [0.4, 0.5) is 8.78 Å². The van der Waals surface area contributed by atoms with Gasteiger partial charge in [0.05, 0.1) is 5.41 Å². The topological polar surface area (TPSA) is 20.3 Å². The van der Waals surface area contributed by atoms with Gasteiger partial charge in [-0.25, -0.2) is 8.78 Å². The summed E-state index contributed by atoms with van der Waals surface area (Å²) in [5.74, 6) is -2.79.